The van der Waals surface area contributed by atoms with Crippen LogP contribution in [0.1, 0.15) is 26.7 Å². The summed E-state index contributed by atoms with van der Waals surface area (Å²) in [7, 11) is -3.43. The van der Waals surface area contributed by atoms with Crippen LogP contribution in [0.15, 0.2) is 23.1 Å². The fraction of sp³-hybridized carbons (Fsp3) is 0.571. The van der Waals surface area contributed by atoms with Gasteiger partial charge >= 0.3 is 0 Å². The van der Waals surface area contributed by atoms with E-state index in [1.165, 1.54) is 6.42 Å². The number of nitrogen functional groups attached to an aromatic ring is 1. The van der Waals surface area contributed by atoms with Gasteiger partial charge in [0, 0.05) is 19.6 Å². The summed E-state index contributed by atoms with van der Waals surface area (Å²) in [5.41, 5.74) is 7.49. The van der Waals surface area contributed by atoms with Gasteiger partial charge in [0.2, 0.25) is 10.0 Å². The molecule has 1 aliphatic heterocycles. The summed E-state index contributed by atoms with van der Waals surface area (Å²) in [4.78, 5) is 2.47. The molecule has 1 aromatic rings. The van der Waals surface area contributed by atoms with E-state index in [4.69, 9.17) is 5.73 Å². The van der Waals surface area contributed by atoms with E-state index in [9.17, 15) is 8.42 Å². The van der Waals surface area contributed by atoms with Crippen molar-refractivity contribution in [2.45, 2.75) is 31.6 Å². The lowest BCUT2D eigenvalue weighted by molar-refractivity contribution is 0.447. The quantitative estimate of drug-likeness (QED) is 0.831. The molecule has 6 heteroatoms. The third-order valence-electron chi connectivity index (χ3n) is 3.64. The third-order valence-corrected chi connectivity index (χ3v) is 5.19. The predicted octanol–water partition coefficient (Wildman–Crippen LogP) is 1.80. The molecule has 1 unspecified atom stereocenters. The van der Waals surface area contributed by atoms with Gasteiger partial charge in [-0.15, -0.1) is 0 Å². The van der Waals surface area contributed by atoms with E-state index in [0.29, 0.717) is 18.2 Å². The normalized spacial score (nSPS) is 20.1. The van der Waals surface area contributed by atoms with Crippen molar-refractivity contribution in [3.63, 3.8) is 0 Å². The Morgan fingerprint density at radius 2 is 2.20 bits per heavy atom. The van der Waals surface area contributed by atoms with E-state index in [2.05, 4.69) is 16.5 Å². The largest absolute Gasteiger partial charge is 0.397 e. The molecule has 2 rings (SSSR count). The fourth-order valence-corrected chi connectivity index (χ4v) is 3.71. The second kappa shape index (κ2) is 6.01. The van der Waals surface area contributed by atoms with Crippen LogP contribution in [0.4, 0.5) is 11.4 Å². The summed E-state index contributed by atoms with van der Waals surface area (Å²) in [6.07, 6.45) is 2.33. The van der Waals surface area contributed by atoms with E-state index in [1.807, 2.05) is 0 Å². The monoisotopic (exact) mass is 297 g/mol. The maximum atomic E-state index is 12.1. The highest BCUT2D eigenvalue weighted by molar-refractivity contribution is 7.89. The molecule has 20 heavy (non-hydrogen) atoms. The van der Waals surface area contributed by atoms with Crippen LogP contribution in [0, 0.1) is 5.92 Å². The fourth-order valence-electron chi connectivity index (χ4n) is 2.65. The molecule has 0 spiro atoms. The molecule has 0 bridgehead atoms. The highest BCUT2D eigenvalue weighted by Gasteiger charge is 2.21. The molecule has 0 amide bonds. The molecule has 1 aliphatic rings. The van der Waals surface area contributed by atoms with Crippen LogP contribution < -0.4 is 15.4 Å². The Labute approximate surface area is 121 Å². The predicted molar refractivity (Wildman–Crippen MR) is 82.3 cm³/mol. The molecule has 1 fully saturated rings. The number of piperidine rings is 1. The number of hydrogen-bond donors (Lipinski definition) is 2. The zero-order chi connectivity index (χ0) is 14.8. The van der Waals surface area contributed by atoms with Gasteiger partial charge < -0.3 is 10.6 Å². The Morgan fingerprint density at radius 1 is 1.45 bits per heavy atom. The van der Waals surface area contributed by atoms with Crippen molar-refractivity contribution in [2.75, 3.05) is 30.3 Å². The molecular weight excluding hydrogens is 274 g/mol. The number of hydrogen-bond acceptors (Lipinski definition) is 4. The molecule has 0 aliphatic carbocycles. The van der Waals surface area contributed by atoms with Crippen LogP contribution in [-0.4, -0.2) is 28.1 Å². The lowest BCUT2D eigenvalue weighted by Gasteiger charge is -2.33. The Kier molecular flexibility index (Phi) is 4.55. The average Bonchev–Trinajstić information content (AvgIpc) is 2.39. The SMILES string of the molecule is CCNS(=O)(=O)c1ccc(N)c(N2CCCC(C)C2)c1. The summed E-state index contributed by atoms with van der Waals surface area (Å²) in [6, 6.07) is 4.92. The van der Waals surface area contributed by atoms with Crippen LogP contribution in [0.2, 0.25) is 0 Å². The number of nitrogens with zero attached hydrogens (tertiary/aromatic N) is 1. The summed E-state index contributed by atoms with van der Waals surface area (Å²) in [6.45, 7) is 6.21. The van der Waals surface area contributed by atoms with Gasteiger partial charge in [-0.3, -0.25) is 0 Å². The summed E-state index contributed by atoms with van der Waals surface area (Å²) in [5.74, 6) is 0.609. The number of anilines is 2. The van der Waals surface area contributed by atoms with Gasteiger partial charge in [0.25, 0.3) is 0 Å². The first-order valence-corrected chi connectivity index (χ1v) is 8.56. The minimum atomic E-state index is -3.43. The highest BCUT2D eigenvalue weighted by atomic mass is 32.2. The smallest absolute Gasteiger partial charge is 0.240 e. The van der Waals surface area contributed by atoms with Crippen LogP contribution >= 0.6 is 0 Å². The van der Waals surface area contributed by atoms with E-state index < -0.39 is 10.0 Å². The van der Waals surface area contributed by atoms with Gasteiger partial charge in [-0.1, -0.05) is 13.8 Å². The van der Waals surface area contributed by atoms with E-state index in [-0.39, 0.29) is 4.90 Å². The zero-order valence-corrected chi connectivity index (χ0v) is 12.9. The topological polar surface area (TPSA) is 75.4 Å². The van der Waals surface area contributed by atoms with Gasteiger partial charge in [-0.2, -0.15) is 0 Å². The minimum absolute atomic E-state index is 0.279. The molecule has 0 saturated carbocycles. The Balaban J connectivity index is 2.34. The van der Waals surface area contributed by atoms with Gasteiger partial charge in [0.1, 0.15) is 0 Å². The summed E-state index contributed by atoms with van der Waals surface area (Å²) < 4.78 is 26.7. The minimum Gasteiger partial charge on any atom is -0.397 e. The number of nitrogens with two attached hydrogens (primary N) is 1. The molecule has 0 aromatic heterocycles. The maximum Gasteiger partial charge on any atom is 0.240 e. The van der Waals surface area contributed by atoms with Crippen LogP contribution in [0.25, 0.3) is 0 Å². The van der Waals surface area contributed by atoms with Crippen molar-refractivity contribution < 1.29 is 8.42 Å². The lowest BCUT2D eigenvalue weighted by atomic mass is 9.99. The van der Waals surface area contributed by atoms with Crippen molar-refractivity contribution >= 4 is 21.4 Å². The lowest BCUT2D eigenvalue weighted by Crippen LogP contribution is -2.35. The third kappa shape index (κ3) is 3.24. The second-order valence-electron chi connectivity index (χ2n) is 5.42. The first-order chi connectivity index (χ1) is 9.44. The number of nitrogens with one attached hydrogen (secondary N) is 1. The van der Waals surface area contributed by atoms with Crippen molar-refractivity contribution in [3.05, 3.63) is 18.2 Å². The van der Waals surface area contributed by atoms with Crippen LogP contribution in [-0.2, 0) is 10.0 Å². The van der Waals surface area contributed by atoms with Crippen molar-refractivity contribution in [2.24, 2.45) is 5.92 Å². The molecule has 1 heterocycles. The Bertz CT molecular complexity index is 572. The molecule has 3 N–H and O–H groups in total. The molecule has 0 radical (unpaired) electrons. The van der Waals surface area contributed by atoms with Crippen LogP contribution in [0.5, 0.6) is 0 Å². The second-order valence-corrected chi connectivity index (χ2v) is 7.18. The molecular formula is C14H23N3O2S. The van der Waals surface area contributed by atoms with Gasteiger partial charge in [-0.05, 0) is 37.0 Å². The molecule has 1 atom stereocenters. The first kappa shape index (κ1) is 15.1. The first-order valence-electron chi connectivity index (χ1n) is 7.08. The van der Waals surface area contributed by atoms with E-state index in [1.54, 1.807) is 25.1 Å². The van der Waals surface area contributed by atoms with Crippen molar-refractivity contribution in [1.82, 2.24) is 4.72 Å². The Hall–Kier alpha value is -1.27. The standard InChI is InChI=1S/C14H23N3O2S/c1-3-16-20(18,19)12-6-7-13(15)14(9-12)17-8-4-5-11(2)10-17/h6-7,9,11,16H,3-5,8,10,15H2,1-2H3. The number of benzene rings is 1. The maximum absolute atomic E-state index is 12.1. The molecule has 5 nitrogen and oxygen atoms in total. The number of rotatable bonds is 4. The van der Waals surface area contributed by atoms with E-state index in [0.717, 1.165) is 25.2 Å². The van der Waals surface area contributed by atoms with E-state index >= 15 is 0 Å². The van der Waals surface area contributed by atoms with Gasteiger partial charge in [-0.25, -0.2) is 13.1 Å². The van der Waals surface area contributed by atoms with Gasteiger partial charge in [0.15, 0.2) is 0 Å². The van der Waals surface area contributed by atoms with Crippen molar-refractivity contribution in [3.8, 4) is 0 Å². The van der Waals surface area contributed by atoms with Gasteiger partial charge in [0.05, 0.1) is 16.3 Å². The molecule has 112 valence electrons. The Morgan fingerprint density at radius 3 is 2.85 bits per heavy atom. The zero-order valence-electron chi connectivity index (χ0n) is 12.1. The molecule has 1 saturated heterocycles. The summed E-state index contributed by atoms with van der Waals surface area (Å²) >= 11 is 0. The van der Waals surface area contributed by atoms with Crippen molar-refractivity contribution in [1.29, 1.82) is 0 Å². The highest BCUT2D eigenvalue weighted by Crippen LogP contribution is 2.30. The average molecular weight is 297 g/mol. The number of sulfonamides is 1. The molecule has 1 aromatic carbocycles. The van der Waals surface area contributed by atoms with Crippen LogP contribution in [0.3, 0.4) is 0 Å². The summed E-state index contributed by atoms with van der Waals surface area (Å²) in [5, 5.41) is 0.